The molecule has 3 heterocycles. The molecule has 1 aromatic carbocycles. The maximum atomic E-state index is 14.0. The van der Waals surface area contributed by atoms with Crippen molar-refractivity contribution in [1.82, 2.24) is 25.3 Å². The second kappa shape index (κ2) is 16.1. The summed E-state index contributed by atoms with van der Waals surface area (Å²) < 4.78 is 15.2. The highest BCUT2D eigenvalue weighted by molar-refractivity contribution is 8.00. The zero-order valence-electron chi connectivity index (χ0n) is 27.9. The van der Waals surface area contributed by atoms with Gasteiger partial charge in [-0.3, -0.25) is 43.9 Å². The number of nitrogens with one attached hydrogen (secondary N) is 3. The molecule has 4 rings (SSSR count). The molecule has 0 aliphatic carbocycles. The van der Waals surface area contributed by atoms with Gasteiger partial charge in [-0.25, -0.2) is 14.4 Å². The molecule has 7 N–H and O–H groups in total. The third kappa shape index (κ3) is 7.92. The van der Waals surface area contributed by atoms with Gasteiger partial charge in [0.05, 0.1) is 0 Å². The van der Waals surface area contributed by atoms with Crippen LogP contribution in [-0.4, -0.2) is 141 Å². The molecule has 21 nitrogen and oxygen atoms in total. The van der Waals surface area contributed by atoms with Crippen molar-refractivity contribution in [2.24, 2.45) is 5.73 Å². The number of β-lactam (4-membered cyclic amide) rings is 1. The molecule has 0 radical (unpaired) electrons. The number of hydrogen-bond acceptors (Lipinski definition) is 14. The third-order valence-electron chi connectivity index (χ3n) is 8.06. The Labute approximate surface area is 298 Å². The van der Waals surface area contributed by atoms with Gasteiger partial charge in [-0.2, -0.15) is 0 Å². The minimum absolute atomic E-state index is 0.0243. The van der Waals surface area contributed by atoms with Gasteiger partial charge in [-0.15, -0.1) is 11.8 Å². The zero-order chi connectivity index (χ0) is 38.5. The number of imide groups is 1. The van der Waals surface area contributed by atoms with Gasteiger partial charge in [-0.05, 0) is 24.6 Å². The first kappa shape index (κ1) is 39.1. The number of likely N-dealkylation sites (N-methyl/N-ethyl adjacent to an activating group) is 1. The van der Waals surface area contributed by atoms with E-state index in [4.69, 9.17) is 25.1 Å². The van der Waals surface area contributed by atoms with Crippen molar-refractivity contribution in [3.63, 3.8) is 0 Å². The smallest absolute Gasteiger partial charge is 0.411 e. The van der Waals surface area contributed by atoms with E-state index in [9.17, 15) is 48.3 Å². The summed E-state index contributed by atoms with van der Waals surface area (Å²) in [5, 5.41) is 24.9. The summed E-state index contributed by atoms with van der Waals surface area (Å²) in [4.78, 5) is 116. The fourth-order valence-corrected chi connectivity index (χ4v) is 6.74. The summed E-state index contributed by atoms with van der Waals surface area (Å²) >= 11 is 1.01. The van der Waals surface area contributed by atoms with Crippen molar-refractivity contribution in [1.29, 1.82) is 0 Å². The van der Waals surface area contributed by atoms with Crippen molar-refractivity contribution in [3.8, 4) is 0 Å². The molecule has 0 spiro atoms. The zero-order valence-corrected chi connectivity index (χ0v) is 28.7. The number of nitrogens with two attached hydrogens (primary N) is 1. The number of amides is 7. The molecule has 0 aromatic heterocycles. The van der Waals surface area contributed by atoms with E-state index < -0.39 is 95.8 Å². The average molecular weight is 750 g/mol. The van der Waals surface area contributed by atoms with Crippen LogP contribution in [0, 0.1) is 0 Å². The number of carboxylic acid groups (broad SMARTS) is 2. The lowest BCUT2D eigenvalue weighted by Crippen LogP contribution is -2.81. The first-order valence-corrected chi connectivity index (χ1v) is 16.5. The van der Waals surface area contributed by atoms with Crippen LogP contribution in [0.3, 0.4) is 0 Å². The Bertz CT molecular complexity index is 1720. The van der Waals surface area contributed by atoms with Gasteiger partial charge in [0, 0.05) is 50.7 Å². The van der Waals surface area contributed by atoms with Gasteiger partial charge in [0.2, 0.25) is 5.91 Å². The highest BCUT2D eigenvalue weighted by Gasteiger charge is 2.67. The van der Waals surface area contributed by atoms with Crippen LogP contribution in [0.4, 0.5) is 15.3 Å². The monoisotopic (exact) mass is 749 g/mol. The van der Waals surface area contributed by atoms with Crippen LogP contribution in [0.5, 0.6) is 0 Å². The van der Waals surface area contributed by atoms with E-state index in [1.165, 1.54) is 29.2 Å². The van der Waals surface area contributed by atoms with E-state index in [1.54, 1.807) is 6.92 Å². The lowest BCUT2D eigenvalue weighted by Gasteiger charge is -2.56. The van der Waals surface area contributed by atoms with Crippen molar-refractivity contribution < 1.29 is 67.6 Å². The number of piperazine rings is 1. The third-order valence-corrected chi connectivity index (χ3v) is 9.43. The molecule has 0 saturated carbocycles. The van der Waals surface area contributed by atoms with Crippen LogP contribution in [0.1, 0.15) is 25.5 Å². The molecule has 4 atom stereocenters. The van der Waals surface area contributed by atoms with Crippen LogP contribution in [0.15, 0.2) is 35.5 Å². The fourth-order valence-electron chi connectivity index (χ4n) is 5.32. The molecule has 1 aromatic rings. The molecule has 3 aliphatic heterocycles. The number of anilines is 1. The minimum Gasteiger partial charge on any atom is -0.480 e. The van der Waals surface area contributed by atoms with Crippen LogP contribution in [-0.2, 0) is 47.8 Å². The lowest BCUT2D eigenvalue weighted by molar-refractivity contribution is -0.193. The fraction of sp³-hybridized carbons (Fsp3) is 0.433. The van der Waals surface area contributed by atoms with Crippen LogP contribution in [0.25, 0.3) is 0 Å². The summed E-state index contributed by atoms with van der Waals surface area (Å²) in [7, 11) is 1.10. The predicted octanol–water partition coefficient (Wildman–Crippen LogP) is -1.64. The number of carbonyl (C=O) groups is 9. The molecule has 52 heavy (non-hydrogen) atoms. The summed E-state index contributed by atoms with van der Waals surface area (Å²) in [5.74, 6) is -7.69. The maximum Gasteiger partial charge on any atom is 0.411 e. The average Bonchev–Trinajstić information content (AvgIpc) is 3.11. The molecule has 7 amide bonds. The maximum absolute atomic E-state index is 14.0. The number of rotatable bonds is 13. The van der Waals surface area contributed by atoms with Crippen LogP contribution >= 0.6 is 11.8 Å². The van der Waals surface area contributed by atoms with Gasteiger partial charge >= 0.3 is 41.8 Å². The number of thioether (sulfide) groups is 1. The quantitative estimate of drug-likeness (QED) is 0.0571. The highest BCUT2D eigenvalue weighted by atomic mass is 32.2. The molecular formula is C30H35N7O14S. The van der Waals surface area contributed by atoms with E-state index in [2.05, 4.69) is 16.0 Å². The molecule has 0 bridgehead atoms. The van der Waals surface area contributed by atoms with E-state index >= 15 is 0 Å². The van der Waals surface area contributed by atoms with Crippen LogP contribution < -0.4 is 21.7 Å². The van der Waals surface area contributed by atoms with Crippen molar-refractivity contribution in [3.05, 3.63) is 41.1 Å². The number of hydrogen-bond donors (Lipinski definition) is 6. The van der Waals surface area contributed by atoms with Gasteiger partial charge in [0.25, 0.3) is 11.6 Å². The normalized spacial score (nSPS) is 21.0. The summed E-state index contributed by atoms with van der Waals surface area (Å²) in [6.45, 7) is 1.82. The van der Waals surface area contributed by atoms with E-state index in [0.29, 0.717) is 4.90 Å². The number of carbonyl (C=O) groups excluding carboxylic acids is 7. The number of esters is 1. The SMILES string of the molecule is CCN1CCN(C(=O)N[C@@H](C(=O)N[C@]2(OC)C(=O)N3C(C(=O)O)=C(COC(C)=O)CS[C@H]32)c2ccc(NC(=O)OC[C@@H](N)C(=O)O)cc2)C(=O)C1=O. The molecule has 22 heteroatoms. The number of aliphatic carboxylic acids is 2. The molecular weight excluding hydrogens is 714 g/mol. The topological polar surface area (TPSA) is 294 Å². The Balaban J connectivity index is 1.60. The minimum atomic E-state index is -2.14. The lowest BCUT2D eigenvalue weighted by atomic mass is 9.96. The Morgan fingerprint density at radius 3 is 2.29 bits per heavy atom. The van der Waals surface area contributed by atoms with E-state index in [0.717, 1.165) is 30.7 Å². The Morgan fingerprint density at radius 2 is 1.71 bits per heavy atom. The second-order valence-corrected chi connectivity index (χ2v) is 12.4. The number of benzene rings is 1. The van der Waals surface area contributed by atoms with Gasteiger partial charge in [-0.1, -0.05) is 12.1 Å². The molecule has 280 valence electrons. The van der Waals surface area contributed by atoms with E-state index in [-0.39, 0.29) is 42.2 Å². The van der Waals surface area contributed by atoms with Gasteiger partial charge in [0.15, 0.2) is 0 Å². The summed E-state index contributed by atoms with van der Waals surface area (Å²) in [5.41, 5.74) is 3.01. The highest BCUT2D eigenvalue weighted by Crippen LogP contribution is 2.47. The number of carboxylic acids is 2. The summed E-state index contributed by atoms with van der Waals surface area (Å²) in [6, 6.07) is 0.912. The number of ether oxygens (including phenoxy) is 3. The summed E-state index contributed by atoms with van der Waals surface area (Å²) in [6.07, 6.45) is -1.05. The second-order valence-electron chi connectivity index (χ2n) is 11.3. The van der Waals surface area contributed by atoms with Crippen molar-refractivity contribution in [2.45, 2.75) is 37.0 Å². The molecule has 3 aliphatic rings. The Kier molecular flexibility index (Phi) is 12.1. The van der Waals surface area contributed by atoms with Gasteiger partial charge in [0.1, 0.15) is 36.4 Å². The largest absolute Gasteiger partial charge is 0.480 e. The molecule has 2 fully saturated rings. The van der Waals surface area contributed by atoms with Crippen molar-refractivity contribution in [2.75, 3.05) is 51.0 Å². The molecule has 2 saturated heterocycles. The van der Waals surface area contributed by atoms with E-state index in [1.807, 2.05) is 0 Å². The van der Waals surface area contributed by atoms with Crippen LogP contribution in [0.2, 0.25) is 0 Å². The molecule has 0 unspecified atom stereocenters. The standard InChI is InChI=1S/C30H35N7O14S/c1-4-35-9-10-36(23(41)22(35)40)28(47)33-19(15-5-7-17(8-6-15)32-29(48)51-12-18(31)24(42)43)21(39)34-30(49-3)26(46)37-20(25(44)45)16(11-50-14(2)38)13-52-27(30)37/h5-8,18-19,27H,4,9-13,31H2,1-3H3,(H,32,48)(H,33,47)(H,34,39)(H,42,43)(H,44,45)/t18-,19-,27+,30+/m1/s1. The first-order chi connectivity index (χ1) is 24.6. The number of fused-ring (bicyclic) bond motifs is 1. The predicted molar refractivity (Wildman–Crippen MR) is 175 cm³/mol. The van der Waals surface area contributed by atoms with Crippen molar-refractivity contribution >= 4 is 71.1 Å². The Hall–Kier alpha value is -5.74. The number of methoxy groups -OCH3 is 1. The van der Waals surface area contributed by atoms with Gasteiger partial charge < -0.3 is 45.7 Å². The first-order valence-electron chi connectivity index (χ1n) is 15.4. The number of urea groups is 1. The number of nitrogens with zero attached hydrogens (tertiary/aromatic N) is 3. The Morgan fingerprint density at radius 1 is 1.04 bits per heavy atom.